The van der Waals surface area contributed by atoms with Crippen LogP contribution in [-0.4, -0.2) is 14.2 Å². The molecule has 0 aliphatic carbocycles. The van der Waals surface area contributed by atoms with E-state index in [9.17, 15) is 0 Å². The number of rotatable bonds is 4. The zero-order valence-corrected chi connectivity index (χ0v) is 10.5. The maximum absolute atomic E-state index is 5.25. The van der Waals surface area contributed by atoms with Crippen LogP contribution < -0.4 is 9.47 Å². The molecule has 0 heterocycles. The van der Waals surface area contributed by atoms with Gasteiger partial charge in [-0.1, -0.05) is 42.5 Å². The molecular weight excluding hydrogens is 224 g/mol. The summed E-state index contributed by atoms with van der Waals surface area (Å²) in [7, 11) is 3.24. The minimum Gasteiger partial charge on any atom is -0.493 e. The maximum Gasteiger partial charge on any atom is 0.161 e. The molecule has 2 aromatic rings. The molecule has 2 nitrogen and oxygen atoms in total. The maximum atomic E-state index is 5.25. The quantitative estimate of drug-likeness (QED) is 0.758. The van der Waals surface area contributed by atoms with Crippen molar-refractivity contribution >= 4 is 12.2 Å². The minimum absolute atomic E-state index is 0.689. The summed E-state index contributed by atoms with van der Waals surface area (Å²) in [4.78, 5) is 0. The monoisotopic (exact) mass is 239 g/mol. The van der Waals surface area contributed by atoms with Crippen molar-refractivity contribution < 1.29 is 9.47 Å². The lowest BCUT2D eigenvalue weighted by Gasteiger charge is -2.07. The highest BCUT2D eigenvalue weighted by molar-refractivity contribution is 5.70. The first-order chi connectivity index (χ1) is 8.83. The summed E-state index contributed by atoms with van der Waals surface area (Å²) >= 11 is 0. The van der Waals surface area contributed by atoms with Crippen LogP contribution in [0.1, 0.15) is 11.1 Å². The topological polar surface area (TPSA) is 18.5 Å². The fraction of sp³-hybridized carbons (Fsp3) is 0.125. The van der Waals surface area contributed by atoms with Gasteiger partial charge in [0.25, 0.3) is 0 Å². The summed E-state index contributed by atoms with van der Waals surface area (Å²) in [6, 6.07) is 17.0. The van der Waals surface area contributed by atoms with Crippen LogP contribution in [0, 0.1) is 6.07 Å². The van der Waals surface area contributed by atoms with Crippen molar-refractivity contribution in [1.29, 1.82) is 0 Å². The first kappa shape index (κ1) is 12.2. The van der Waals surface area contributed by atoms with E-state index in [1.165, 1.54) is 0 Å². The lowest BCUT2D eigenvalue weighted by Crippen LogP contribution is -1.90. The third kappa shape index (κ3) is 2.92. The Bertz CT molecular complexity index is 530. The van der Waals surface area contributed by atoms with Gasteiger partial charge in [0.15, 0.2) is 11.5 Å². The second-order valence-electron chi connectivity index (χ2n) is 3.77. The van der Waals surface area contributed by atoms with Gasteiger partial charge < -0.3 is 9.47 Å². The van der Waals surface area contributed by atoms with E-state index in [-0.39, 0.29) is 0 Å². The SMILES string of the molecule is COc1c[c]c(/C=C/c2ccccc2)cc1OC. The van der Waals surface area contributed by atoms with Gasteiger partial charge in [0.1, 0.15) is 0 Å². The molecule has 0 saturated carbocycles. The molecule has 0 atom stereocenters. The van der Waals surface area contributed by atoms with Crippen molar-refractivity contribution in [1.82, 2.24) is 0 Å². The highest BCUT2D eigenvalue weighted by Gasteiger charge is 2.02. The molecule has 2 rings (SSSR count). The lowest BCUT2D eigenvalue weighted by molar-refractivity contribution is 0.355. The summed E-state index contributed by atoms with van der Waals surface area (Å²) in [6.07, 6.45) is 4.04. The lowest BCUT2D eigenvalue weighted by atomic mass is 10.1. The Hall–Kier alpha value is -2.22. The van der Waals surface area contributed by atoms with Crippen molar-refractivity contribution in [2.75, 3.05) is 14.2 Å². The number of benzene rings is 2. The van der Waals surface area contributed by atoms with Crippen molar-refractivity contribution in [3.63, 3.8) is 0 Å². The summed E-state index contributed by atoms with van der Waals surface area (Å²) in [6.45, 7) is 0. The van der Waals surface area contributed by atoms with Crippen molar-refractivity contribution in [2.24, 2.45) is 0 Å². The molecule has 0 aliphatic rings. The third-order valence-corrected chi connectivity index (χ3v) is 2.59. The normalized spacial score (nSPS) is 10.6. The van der Waals surface area contributed by atoms with E-state index < -0.39 is 0 Å². The highest BCUT2D eigenvalue weighted by Crippen LogP contribution is 2.27. The van der Waals surface area contributed by atoms with Crippen molar-refractivity contribution in [3.8, 4) is 11.5 Å². The molecule has 1 radical (unpaired) electrons. The Morgan fingerprint density at radius 3 is 2.33 bits per heavy atom. The van der Waals surface area contributed by atoms with Gasteiger partial charge in [-0.3, -0.25) is 0 Å². The van der Waals surface area contributed by atoms with Gasteiger partial charge in [0, 0.05) is 0 Å². The van der Waals surface area contributed by atoms with E-state index in [0.717, 1.165) is 11.1 Å². The van der Waals surface area contributed by atoms with Gasteiger partial charge in [-0.25, -0.2) is 0 Å². The van der Waals surface area contributed by atoms with Gasteiger partial charge in [0.05, 0.1) is 14.2 Å². The van der Waals surface area contributed by atoms with E-state index in [1.54, 1.807) is 20.3 Å². The Labute approximate surface area is 107 Å². The Morgan fingerprint density at radius 2 is 1.67 bits per heavy atom. The van der Waals surface area contributed by atoms with Gasteiger partial charge in [-0.2, -0.15) is 0 Å². The second-order valence-corrected chi connectivity index (χ2v) is 3.77. The standard InChI is InChI=1S/C16H15O2/c1-17-15-11-10-14(12-16(15)18-2)9-8-13-6-4-3-5-7-13/h3-9,11-12H,1-2H3/b9-8+. The smallest absolute Gasteiger partial charge is 0.161 e. The molecule has 0 fully saturated rings. The molecule has 18 heavy (non-hydrogen) atoms. The van der Waals surface area contributed by atoms with E-state index in [4.69, 9.17) is 9.47 Å². The number of hydrogen-bond donors (Lipinski definition) is 0. The van der Waals surface area contributed by atoms with Gasteiger partial charge >= 0.3 is 0 Å². The largest absolute Gasteiger partial charge is 0.493 e. The van der Waals surface area contributed by atoms with E-state index in [0.29, 0.717) is 11.5 Å². The van der Waals surface area contributed by atoms with Gasteiger partial charge in [-0.15, -0.1) is 0 Å². The second kappa shape index (κ2) is 5.92. The predicted molar refractivity (Wildman–Crippen MR) is 73.8 cm³/mol. The molecule has 0 amide bonds. The highest BCUT2D eigenvalue weighted by atomic mass is 16.5. The predicted octanol–water partition coefficient (Wildman–Crippen LogP) is 3.67. The Balaban J connectivity index is 2.22. The van der Waals surface area contributed by atoms with Crippen LogP contribution in [0.2, 0.25) is 0 Å². The first-order valence-corrected chi connectivity index (χ1v) is 5.70. The minimum atomic E-state index is 0.689. The summed E-state index contributed by atoms with van der Waals surface area (Å²) in [5, 5.41) is 0. The zero-order chi connectivity index (χ0) is 12.8. The van der Waals surface area contributed by atoms with Crippen LogP contribution in [0.5, 0.6) is 11.5 Å². The fourth-order valence-electron chi connectivity index (χ4n) is 1.64. The van der Waals surface area contributed by atoms with Crippen LogP contribution in [0.25, 0.3) is 12.2 Å². The summed E-state index contributed by atoms with van der Waals surface area (Å²) in [5.74, 6) is 1.40. The van der Waals surface area contributed by atoms with Crippen molar-refractivity contribution in [3.05, 3.63) is 59.7 Å². The number of methoxy groups -OCH3 is 2. The summed E-state index contributed by atoms with van der Waals surface area (Å²) < 4.78 is 10.4. The summed E-state index contributed by atoms with van der Waals surface area (Å²) in [5.41, 5.74) is 2.11. The van der Waals surface area contributed by atoms with Crippen LogP contribution in [-0.2, 0) is 0 Å². The van der Waals surface area contributed by atoms with E-state index >= 15 is 0 Å². The molecule has 0 N–H and O–H groups in total. The third-order valence-electron chi connectivity index (χ3n) is 2.59. The molecule has 0 spiro atoms. The van der Waals surface area contributed by atoms with Crippen molar-refractivity contribution in [2.45, 2.75) is 0 Å². The molecule has 0 bridgehead atoms. The van der Waals surface area contributed by atoms with Gasteiger partial charge in [-0.05, 0) is 29.3 Å². The molecule has 0 aliphatic heterocycles. The molecular formula is C16H15O2. The fourth-order valence-corrected chi connectivity index (χ4v) is 1.64. The van der Waals surface area contributed by atoms with Crippen LogP contribution in [0.15, 0.2) is 42.5 Å². The van der Waals surface area contributed by atoms with Crippen LogP contribution in [0.4, 0.5) is 0 Å². The molecule has 2 heteroatoms. The average Bonchev–Trinajstić information content (AvgIpc) is 2.45. The van der Waals surface area contributed by atoms with Crippen LogP contribution in [0.3, 0.4) is 0 Å². The molecule has 0 unspecified atom stereocenters. The Morgan fingerprint density at radius 1 is 0.944 bits per heavy atom. The number of ether oxygens (including phenoxy) is 2. The van der Waals surface area contributed by atoms with Crippen LogP contribution >= 0.6 is 0 Å². The number of hydrogen-bond acceptors (Lipinski definition) is 2. The van der Waals surface area contributed by atoms with E-state index in [2.05, 4.69) is 18.2 Å². The Kier molecular flexibility index (Phi) is 4.02. The molecule has 0 saturated heterocycles. The molecule has 0 aromatic heterocycles. The molecule has 91 valence electrons. The zero-order valence-electron chi connectivity index (χ0n) is 10.5. The first-order valence-electron chi connectivity index (χ1n) is 5.70. The van der Waals surface area contributed by atoms with E-state index in [1.807, 2.05) is 36.4 Å². The molecule has 2 aromatic carbocycles. The average molecular weight is 239 g/mol. The van der Waals surface area contributed by atoms with Gasteiger partial charge in [0.2, 0.25) is 0 Å².